The summed E-state index contributed by atoms with van der Waals surface area (Å²) in [5.74, 6) is 0. The van der Waals surface area contributed by atoms with E-state index < -0.39 is 0 Å². The molecule has 0 heterocycles. The summed E-state index contributed by atoms with van der Waals surface area (Å²) >= 11 is 0. The molecule has 0 spiro atoms. The van der Waals surface area contributed by atoms with Crippen LogP contribution < -0.4 is 5.73 Å². The molecule has 1 fully saturated rings. The van der Waals surface area contributed by atoms with Crippen LogP contribution in [0.25, 0.3) is 0 Å². The van der Waals surface area contributed by atoms with Crippen LogP contribution >= 0.6 is 0 Å². The third kappa shape index (κ3) is 2.80. The Balaban J connectivity index is 2.05. The molecule has 0 aromatic carbocycles. The molecule has 0 aromatic rings. The fourth-order valence-electron chi connectivity index (χ4n) is 1.54. The summed E-state index contributed by atoms with van der Waals surface area (Å²) < 4.78 is 5.63. The number of ether oxygens (including phenoxy) is 1. The molecule has 1 aliphatic rings. The fraction of sp³-hybridized carbons (Fsp3) is 1.00. The molecule has 0 aliphatic heterocycles. The number of nitrogens with two attached hydrogens (primary N) is 1. The Morgan fingerprint density at radius 3 is 2.82 bits per heavy atom. The lowest BCUT2D eigenvalue weighted by Gasteiger charge is -2.15. The molecule has 0 bridgehead atoms. The second-order valence-electron chi connectivity index (χ2n) is 3.36. The SMILES string of the molecule is CCCCOC1CCCC1N. The summed E-state index contributed by atoms with van der Waals surface area (Å²) in [6.07, 6.45) is 6.31. The van der Waals surface area contributed by atoms with Gasteiger partial charge >= 0.3 is 0 Å². The van der Waals surface area contributed by atoms with Gasteiger partial charge in [0.05, 0.1) is 6.10 Å². The summed E-state index contributed by atoms with van der Waals surface area (Å²) in [6.45, 7) is 3.08. The first-order valence-electron chi connectivity index (χ1n) is 4.71. The van der Waals surface area contributed by atoms with Crippen molar-refractivity contribution in [3.63, 3.8) is 0 Å². The predicted molar refractivity (Wildman–Crippen MR) is 46.5 cm³/mol. The molecule has 0 saturated heterocycles. The molecule has 11 heavy (non-hydrogen) atoms. The average Bonchev–Trinajstić information content (AvgIpc) is 2.37. The van der Waals surface area contributed by atoms with E-state index >= 15 is 0 Å². The predicted octanol–water partition coefficient (Wildman–Crippen LogP) is 1.68. The van der Waals surface area contributed by atoms with Gasteiger partial charge in [-0.25, -0.2) is 0 Å². The van der Waals surface area contributed by atoms with E-state index in [0.29, 0.717) is 12.1 Å². The third-order valence-corrected chi connectivity index (χ3v) is 2.33. The number of hydrogen-bond acceptors (Lipinski definition) is 2. The van der Waals surface area contributed by atoms with Crippen LogP contribution in [-0.4, -0.2) is 18.8 Å². The summed E-state index contributed by atoms with van der Waals surface area (Å²) in [6, 6.07) is 0.312. The standard InChI is InChI=1S/C9H19NO/c1-2-3-7-11-9-6-4-5-8(9)10/h8-9H,2-7,10H2,1H3. The Kier molecular flexibility index (Phi) is 3.87. The van der Waals surface area contributed by atoms with Crippen LogP contribution in [0.1, 0.15) is 39.0 Å². The zero-order valence-corrected chi connectivity index (χ0v) is 7.38. The van der Waals surface area contributed by atoms with Crippen LogP contribution in [0, 0.1) is 0 Å². The molecule has 0 aromatic heterocycles. The highest BCUT2D eigenvalue weighted by Gasteiger charge is 2.23. The van der Waals surface area contributed by atoms with Gasteiger partial charge in [0.25, 0.3) is 0 Å². The van der Waals surface area contributed by atoms with Crippen molar-refractivity contribution < 1.29 is 4.74 Å². The van der Waals surface area contributed by atoms with E-state index in [4.69, 9.17) is 10.5 Å². The number of unbranched alkanes of at least 4 members (excludes halogenated alkanes) is 1. The van der Waals surface area contributed by atoms with Crippen molar-refractivity contribution in [3.05, 3.63) is 0 Å². The fourth-order valence-corrected chi connectivity index (χ4v) is 1.54. The summed E-state index contributed by atoms with van der Waals surface area (Å²) in [5, 5.41) is 0. The maximum absolute atomic E-state index is 5.84. The van der Waals surface area contributed by atoms with Crippen LogP contribution in [0.4, 0.5) is 0 Å². The van der Waals surface area contributed by atoms with E-state index in [-0.39, 0.29) is 0 Å². The van der Waals surface area contributed by atoms with Crippen molar-refractivity contribution in [3.8, 4) is 0 Å². The molecule has 0 radical (unpaired) electrons. The molecular formula is C9H19NO. The lowest BCUT2D eigenvalue weighted by Crippen LogP contribution is -2.31. The van der Waals surface area contributed by atoms with Crippen LogP contribution in [0.15, 0.2) is 0 Å². The van der Waals surface area contributed by atoms with Gasteiger partial charge in [-0.05, 0) is 25.7 Å². The Bertz CT molecular complexity index is 106. The molecule has 2 unspecified atom stereocenters. The summed E-state index contributed by atoms with van der Waals surface area (Å²) in [4.78, 5) is 0. The molecule has 1 saturated carbocycles. The maximum atomic E-state index is 5.84. The van der Waals surface area contributed by atoms with E-state index in [9.17, 15) is 0 Å². The van der Waals surface area contributed by atoms with Crippen molar-refractivity contribution >= 4 is 0 Å². The first-order valence-corrected chi connectivity index (χ1v) is 4.71. The Hall–Kier alpha value is -0.0800. The van der Waals surface area contributed by atoms with Crippen LogP contribution in [0.3, 0.4) is 0 Å². The highest BCUT2D eigenvalue weighted by Crippen LogP contribution is 2.20. The van der Waals surface area contributed by atoms with E-state index in [0.717, 1.165) is 13.0 Å². The minimum atomic E-state index is 0.312. The van der Waals surface area contributed by atoms with Gasteiger partial charge < -0.3 is 10.5 Å². The molecule has 0 amide bonds. The van der Waals surface area contributed by atoms with E-state index in [1.807, 2.05) is 0 Å². The van der Waals surface area contributed by atoms with Gasteiger partial charge in [-0.15, -0.1) is 0 Å². The minimum absolute atomic E-state index is 0.312. The van der Waals surface area contributed by atoms with Crippen molar-refractivity contribution in [2.24, 2.45) is 5.73 Å². The van der Waals surface area contributed by atoms with Crippen LogP contribution in [0.5, 0.6) is 0 Å². The summed E-state index contributed by atoms with van der Waals surface area (Å²) in [5.41, 5.74) is 5.84. The van der Waals surface area contributed by atoms with Crippen molar-refractivity contribution in [2.75, 3.05) is 6.61 Å². The highest BCUT2D eigenvalue weighted by molar-refractivity contribution is 4.80. The molecule has 2 N–H and O–H groups in total. The second kappa shape index (κ2) is 4.73. The molecular weight excluding hydrogens is 138 g/mol. The topological polar surface area (TPSA) is 35.2 Å². The molecule has 1 rings (SSSR count). The van der Waals surface area contributed by atoms with Gasteiger partial charge in [-0.1, -0.05) is 13.3 Å². The minimum Gasteiger partial charge on any atom is -0.377 e. The third-order valence-electron chi connectivity index (χ3n) is 2.33. The Labute approximate surface area is 69.1 Å². The monoisotopic (exact) mass is 157 g/mol. The second-order valence-corrected chi connectivity index (χ2v) is 3.36. The largest absolute Gasteiger partial charge is 0.377 e. The Morgan fingerprint density at radius 1 is 1.45 bits per heavy atom. The smallest absolute Gasteiger partial charge is 0.0725 e. The highest BCUT2D eigenvalue weighted by atomic mass is 16.5. The quantitative estimate of drug-likeness (QED) is 0.630. The van der Waals surface area contributed by atoms with Gasteiger partial charge in [0.2, 0.25) is 0 Å². The van der Waals surface area contributed by atoms with Crippen LogP contribution in [0.2, 0.25) is 0 Å². The van der Waals surface area contributed by atoms with Gasteiger partial charge in [0.1, 0.15) is 0 Å². The zero-order chi connectivity index (χ0) is 8.10. The van der Waals surface area contributed by atoms with Gasteiger partial charge in [0, 0.05) is 12.6 Å². The van der Waals surface area contributed by atoms with E-state index in [1.165, 1.54) is 25.7 Å². The van der Waals surface area contributed by atoms with Gasteiger partial charge in [-0.2, -0.15) is 0 Å². The number of rotatable bonds is 4. The number of hydrogen-bond donors (Lipinski definition) is 1. The zero-order valence-electron chi connectivity index (χ0n) is 7.38. The lowest BCUT2D eigenvalue weighted by molar-refractivity contribution is 0.0463. The maximum Gasteiger partial charge on any atom is 0.0725 e. The van der Waals surface area contributed by atoms with Crippen molar-refractivity contribution in [2.45, 2.75) is 51.2 Å². The van der Waals surface area contributed by atoms with Crippen molar-refractivity contribution in [1.82, 2.24) is 0 Å². The molecule has 66 valence electrons. The first-order chi connectivity index (χ1) is 5.34. The molecule has 2 atom stereocenters. The first kappa shape index (κ1) is 9.01. The van der Waals surface area contributed by atoms with Crippen molar-refractivity contribution in [1.29, 1.82) is 0 Å². The average molecular weight is 157 g/mol. The van der Waals surface area contributed by atoms with E-state index in [2.05, 4.69) is 6.92 Å². The van der Waals surface area contributed by atoms with E-state index in [1.54, 1.807) is 0 Å². The lowest BCUT2D eigenvalue weighted by atomic mass is 10.2. The molecule has 2 heteroatoms. The van der Waals surface area contributed by atoms with Crippen LogP contribution in [-0.2, 0) is 4.74 Å². The normalized spacial score (nSPS) is 31.1. The molecule has 1 aliphatic carbocycles. The van der Waals surface area contributed by atoms with Gasteiger partial charge in [0.15, 0.2) is 0 Å². The summed E-state index contributed by atoms with van der Waals surface area (Å²) in [7, 11) is 0. The molecule has 2 nitrogen and oxygen atoms in total. The van der Waals surface area contributed by atoms with Gasteiger partial charge in [-0.3, -0.25) is 0 Å². The Morgan fingerprint density at radius 2 is 2.27 bits per heavy atom.